The summed E-state index contributed by atoms with van der Waals surface area (Å²) in [6.45, 7) is 5.73. The van der Waals surface area contributed by atoms with Gasteiger partial charge in [0, 0.05) is 6.16 Å². The second-order valence-electron chi connectivity index (χ2n) is 5.23. The van der Waals surface area contributed by atoms with Crippen LogP contribution in [-0.4, -0.2) is 17.7 Å². The van der Waals surface area contributed by atoms with Crippen LogP contribution in [-0.2, 0) is 25.2 Å². The van der Waals surface area contributed by atoms with Gasteiger partial charge in [-0.2, -0.15) is 0 Å². The molecule has 106 valence electrons. The van der Waals surface area contributed by atoms with Crippen LogP contribution in [0.25, 0.3) is 0 Å². The Morgan fingerprint density at radius 3 is 2.42 bits per heavy atom. The highest BCUT2D eigenvalue weighted by molar-refractivity contribution is 7.39. The second kappa shape index (κ2) is 7.46. The number of carbonyl (C=O) groups is 1. The van der Waals surface area contributed by atoms with Crippen LogP contribution in [0, 0.1) is 0 Å². The van der Waals surface area contributed by atoms with Gasteiger partial charge >= 0.3 is 5.97 Å². The van der Waals surface area contributed by atoms with Gasteiger partial charge in [0.2, 0.25) is 0 Å². The monoisotopic (exact) mass is 284 g/mol. The van der Waals surface area contributed by atoms with E-state index in [0.717, 1.165) is 5.56 Å². The van der Waals surface area contributed by atoms with Gasteiger partial charge in [-0.25, -0.2) is 0 Å². The Morgan fingerprint density at radius 1 is 1.21 bits per heavy atom. The highest BCUT2D eigenvalue weighted by Crippen LogP contribution is 2.25. The first-order valence-electron chi connectivity index (χ1n) is 6.28. The number of esters is 1. The number of rotatable bonds is 6. The lowest BCUT2D eigenvalue weighted by atomic mass is 10.2. The van der Waals surface area contributed by atoms with Crippen LogP contribution in [0.5, 0.6) is 0 Å². The minimum Gasteiger partial charge on any atom is -0.460 e. The van der Waals surface area contributed by atoms with E-state index in [0.29, 0.717) is 6.61 Å². The number of benzene rings is 1. The molecule has 0 aromatic heterocycles. The van der Waals surface area contributed by atoms with Crippen LogP contribution in [0.4, 0.5) is 0 Å². The molecule has 1 aromatic rings. The van der Waals surface area contributed by atoms with Gasteiger partial charge in [-0.05, 0) is 26.3 Å². The summed E-state index contributed by atoms with van der Waals surface area (Å²) in [5, 5.41) is 0. The lowest BCUT2D eigenvalue weighted by molar-refractivity contribution is -0.154. The van der Waals surface area contributed by atoms with Crippen molar-refractivity contribution in [2.45, 2.75) is 39.4 Å². The van der Waals surface area contributed by atoms with Gasteiger partial charge in [-0.3, -0.25) is 9.36 Å². The van der Waals surface area contributed by atoms with E-state index in [1.807, 2.05) is 30.3 Å². The first kappa shape index (κ1) is 15.9. The largest absolute Gasteiger partial charge is 0.460 e. The summed E-state index contributed by atoms with van der Waals surface area (Å²) in [6, 6.07) is 9.52. The molecule has 0 bridgehead atoms. The molecule has 0 spiro atoms. The predicted molar refractivity (Wildman–Crippen MR) is 75.6 cm³/mol. The minimum absolute atomic E-state index is 0.129. The molecule has 0 aliphatic carbocycles. The summed E-state index contributed by atoms with van der Waals surface area (Å²) >= 11 is 0. The van der Waals surface area contributed by atoms with E-state index in [1.54, 1.807) is 20.8 Å². The van der Waals surface area contributed by atoms with E-state index in [4.69, 9.17) is 9.26 Å². The molecule has 0 fully saturated rings. The highest BCUT2D eigenvalue weighted by Gasteiger charge is 2.16. The van der Waals surface area contributed by atoms with E-state index < -0.39 is 13.6 Å². The van der Waals surface area contributed by atoms with Crippen molar-refractivity contribution in [3.05, 3.63) is 35.9 Å². The normalized spacial score (nSPS) is 13.0. The number of ether oxygens (including phenoxy) is 1. The topological polar surface area (TPSA) is 52.6 Å². The van der Waals surface area contributed by atoms with Crippen LogP contribution in [0.2, 0.25) is 0 Å². The summed E-state index contributed by atoms with van der Waals surface area (Å²) in [4.78, 5) is 11.4. The first-order valence-corrected chi connectivity index (χ1v) is 7.80. The molecule has 4 nitrogen and oxygen atoms in total. The quantitative estimate of drug-likeness (QED) is 0.593. The summed E-state index contributed by atoms with van der Waals surface area (Å²) in [7, 11) is -2.19. The molecule has 0 amide bonds. The Labute approximate surface area is 115 Å². The van der Waals surface area contributed by atoms with E-state index >= 15 is 0 Å². The van der Waals surface area contributed by atoms with Crippen LogP contribution in [0.1, 0.15) is 32.8 Å². The molecule has 1 rings (SSSR count). The van der Waals surface area contributed by atoms with Gasteiger partial charge in [0.15, 0.2) is 8.03 Å². The zero-order chi connectivity index (χ0) is 14.3. The van der Waals surface area contributed by atoms with Crippen molar-refractivity contribution in [1.82, 2.24) is 0 Å². The SMILES string of the molecule is CC(C)(C)OC(=O)CC[PH](=O)OCc1ccccc1. The van der Waals surface area contributed by atoms with Gasteiger partial charge in [0.1, 0.15) is 5.60 Å². The Hall–Kier alpha value is -1.12. The van der Waals surface area contributed by atoms with Crippen molar-refractivity contribution in [1.29, 1.82) is 0 Å². The summed E-state index contributed by atoms with van der Waals surface area (Å²) in [5.41, 5.74) is 0.468. The van der Waals surface area contributed by atoms with Crippen LogP contribution < -0.4 is 0 Å². The van der Waals surface area contributed by atoms with Gasteiger partial charge in [0.25, 0.3) is 0 Å². The Bertz CT molecular complexity index is 423. The third kappa shape index (κ3) is 7.81. The second-order valence-corrected chi connectivity index (χ2v) is 6.77. The van der Waals surface area contributed by atoms with Crippen molar-refractivity contribution >= 4 is 14.0 Å². The van der Waals surface area contributed by atoms with Gasteiger partial charge < -0.3 is 9.26 Å². The molecule has 0 N–H and O–H groups in total. The van der Waals surface area contributed by atoms with Gasteiger partial charge in [0.05, 0.1) is 13.0 Å². The van der Waals surface area contributed by atoms with E-state index in [9.17, 15) is 9.36 Å². The van der Waals surface area contributed by atoms with E-state index in [2.05, 4.69) is 0 Å². The lowest BCUT2D eigenvalue weighted by Crippen LogP contribution is -2.24. The molecule has 1 atom stereocenters. The van der Waals surface area contributed by atoms with Crippen LogP contribution >= 0.6 is 8.03 Å². The van der Waals surface area contributed by atoms with Crippen LogP contribution in [0.15, 0.2) is 30.3 Å². The Kier molecular flexibility index (Phi) is 6.26. The minimum atomic E-state index is -2.19. The van der Waals surface area contributed by atoms with Crippen molar-refractivity contribution in [2.75, 3.05) is 6.16 Å². The van der Waals surface area contributed by atoms with Crippen molar-refractivity contribution in [3.63, 3.8) is 0 Å². The molecular formula is C14H21O4P. The number of carbonyl (C=O) groups excluding carboxylic acids is 1. The molecule has 1 aromatic carbocycles. The van der Waals surface area contributed by atoms with Crippen molar-refractivity contribution in [3.8, 4) is 0 Å². The summed E-state index contributed by atoms with van der Waals surface area (Å²) < 4.78 is 22.0. The summed E-state index contributed by atoms with van der Waals surface area (Å²) in [5.74, 6) is -0.339. The zero-order valence-corrected chi connectivity index (χ0v) is 12.6. The molecule has 5 heteroatoms. The molecule has 19 heavy (non-hydrogen) atoms. The van der Waals surface area contributed by atoms with E-state index in [-0.39, 0.29) is 18.6 Å². The highest BCUT2D eigenvalue weighted by atomic mass is 31.1. The molecule has 0 saturated carbocycles. The molecule has 0 aliphatic rings. The fraction of sp³-hybridized carbons (Fsp3) is 0.500. The van der Waals surface area contributed by atoms with Crippen molar-refractivity contribution < 1.29 is 18.6 Å². The third-order valence-corrected chi connectivity index (χ3v) is 3.32. The number of hydrogen-bond donors (Lipinski definition) is 0. The number of hydrogen-bond acceptors (Lipinski definition) is 4. The fourth-order valence-electron chi connectivity index (χ4n) is 1.41. The maximum atomic E-state index is 11.6. The average molecular weight is 284 g/mol. The molecule has 0 heterocycles. The molecule has 1 unspecified atom stereocenters. The smallest absolute Gasteiger partial charge is 0.306 e. The van der Waals surface area contributed by atoms with E-state index in [1.165, 1.54) is 0 Å². The zero-order valence-electron chi connectivity index (χ0n) is 11.6. The Balaban J connectivity index is 2.23. The van der Waals surface area contributed by atoms with Crippen LogP contribution in [0.3, 0.4) is 0 Å². The predicted octanol–water partition coefficient (Wildman–Crippen LogP) is 3.41. The molecule has 0 aliphatic heterocycles. The fourth-order valence-corrected chi connectivity index (χ4v) is 2.29. The maximum absolute atomic E-state index is 11.6. The van der Waals surface area contributed by atoms with Gasteiger partial charge in [-0.1, -0.05) is 30.3 Å². The lowest BCUT2D eigenvalue weighted by Gasteiger charge is -2.19. The molecule has 0 radical (unpaired) electrons. The van der Waals surface area contributed by atoms with Gasteiger partial charge in [-0.15, -0.1) is 0 Å². The first-order chi connectivity index (χ1) is 8.87. The van der Waals surface area contributed by atoms with Crippen molar-refractivity contribution in [2.24, 2.45) is 0 Å². The average Bonchev–Trinajstić information content (AvgIpc) is 2.33. The molecule has 0 saturated heterocycles. The Morgan fingerprint density at radius 2 is 1.84 bits per heavy atom. The maximum Gasteiger partial charge on any atom is 0.306 e. The standard InChI is InChI=1S/C14H21O4P/c1-14(2,3)18-13(15)9-10-19(16)17-11-12-7-5-4-6-8-12/h4-8,19H,9-11H2,1-3H3. The molecular weight excluding hydrogens is 263 g/mol. The third-order valence-electron chi connectivity index (χ3n) is 2.20. The summed E-state index contributed by atoms with van der Waals surface area (Å²) in [6.07, 6.45) is 0.357.